The fraction of sp³-hybridized carbons (Fsp3) is 0.231. The second-order valence-corrected chi connectivity index (χ2v) is 4.94. The molecule has 0 radical (unpaired) electrons. The van der Waals surface area contributed by atoms with Crippen molar-refractivity contribution in [2.75, 3.05) is 6.61 Å². The van der Waals surface area contributed by atoms with Crippen molar-refractivity contribution in [3.05, 3.63) is 52.2 Å². The monoisotopic (exact) mass is 287 g/mol. The lowest BCUT2D eigenvalue weighted by molar-refractivity contribution is -0.137. The highest BCUT2D eigenvalue weighted by Gasteiger charge is 2.30. The minimum atomic E-state index is -4.37. The van der Waals surface area contributed by atoms with Crippen molar-refractivity contribution in [3.63, 3.8) is 0 Å². The predicted octanol–water partition coefficient (Wildman–Crippen LogP) is 3.85. The zero-order valence-electron chi connectivity index (χ0n) is 9.85. The van der Waals surface area contributed by atoms with Gasteiger partial charge in [0.2, 0.25) is 0 Å². The SMILES string of the molecule is NC(COc1cccc(C(F)(F)F)c1)c1cccs1. The van der Waals surface area contributed by atoms with Gasteiger partial charge in [0.1, 0.15) is 12.4 Å². The van der Waals surface area contributed by atoms with Crippen LogP contribution in [0, 0.1) is 0 Å². The summed E-state index contributed by atoms with van der Waals surface area (Å²) in [6.45, 7) is 0.141. The van der Waals surface area contributed by atoms with E-state index in [0.717, 1.165) is 17.0 Å². The molecule has 0 aliphatic carbocycles. The van der Waals surface area contributed by atoms with Gasteiger partial charge in [-0.25, -0.2) is 0 Å². The molecule has 0 bridgehead atoms. The summed E-state index contributed by atoms with van der Waals surface area (Å²) in [5.74, 6) is 0.168. The van der Waals surface area contributed by atoms with Gasteiger partial charge >= 0.3 is 6.18 Å². The van der Waals surface area contributed by atoms with E-state index in [1.807, 2.05) is 17.5 Å². The molecule has 1 aromatic carbocycles. The Bertz CT molecular complexity index is 525. The lowest BCUT2D eigenvalue weighted by atomic mass is 10.2. The molecular formula is C13H12F3NOS. The molecule has 6 heteroatoms. The standard InChI is InChI=1S/C13H12F3NOS/c14-13(15,16)9-3-1-4-10(7-9)18-8-11(17)12-5-2-6-19-12/h1-7,11H,8,17H2. The van der Waals surface area contributed by atoms with Gasteiger partial charge in [-0.05, 0) is 29.6 Å². The number of halogens is 3. The van der Waals surface area contributed by atoms with Crippen molar-refractivity contribution in [1.29, 1.82) is 0 Å². The predicted molar refractivity (Wildman–Crippen MR) is 68.2 cm³/mol. The van der Waals surface area contributed by atoms with Gasteiger partial charge in [0.05, 0.1) is 11.6 Å². The molecule has 0 fully saturated rings. The Kier molecular flexibility index (Phi) is 4.11. The number of ether oxygens (including phenoxy) is 1. The Hall–Kier alpha value is -1.53. The van der Waals surface area contributed by atoms with Crippen molar-refractivity contribution in [2.45, 2.75) is 12.2 Å². The molecule has 0 saturated carbocycles. The number of hydrogen-bond acceptors (Lipinski definition) is 3. The number of thiophene rings is 1. The third kappa shape index (κ3) is 3.71. The van der Waals surface area contributed by atoms with Gasteiger partial charge in [0.25, 0.3) is 0 Å². The van der Waals surface area contributed by atoms with Gasteiger partial charge in [0.15, 0.2) is 0 Å². The molecular weight excluding hydrogens is 275 g/mol. The van der Waals surface area contributed by atoms with E-state index in [9.17, 15) is 13.2 Å². The first-order chi connectivity index (χ1) is 8.97. The Morgan fingerprint density at radius 1 is 1.21 bits per heavy atom. The highest BCUT2D eigenvalue weighted by Crippen LogP contribution is 2.31. The maximum atomic E-state index is 12.5. The molecule has 0 saturated heterocycles. The number of hydrogen-bond donors (Lipinski definition) is 1. The van der Waals surface area contributed by atoms with Crippen LogP contribution in [-0.2, 0) is 6.18 Å². The molecule has 2 nitrogen and oxygen atoms in total. The highest BCUT2D eigenvalue weighted by atomic mass is 32.1. The molecule has 0 spiro atoms. The quantitative estimate of drug-likeness (QED) is 0.927. The number of alkyl halides is 3. The minimum Gasteiger partial charge on any atom is -0.492 e. The molecule has 2 aromatic rings. The van der Waals surface area contributed by atoms with Gasteiger partial charge in [-0.1, -0.05) is 12.1 Å². The number of nitrogens with two attached hydrogens (primary N) is 1. The summed E-state index contributed by atoms with van der Waals surface area (Å²) in [7, 11) is 0. The van der Waals surface area contributed by atoms with E-state index in [0.29, 0.717) is 0 Å². The highest BCUT2D eigenvalue weighted by molar-refractivity contribution is 7.10. The maximum Gasteiger partial charge on any atom is 0.416 e. The molecule has 1 atom stereocenters. The van der Waals surface area contributed by atoms with Crippen molar-refractivity contribution >= 4 is 11.3 Å². The van der Waals surface area contributed by atoms with E-state index in [1.54, 1.807) is 0 Å². The second kappa shape index (κ2) is 5.63. The molecule has 1 heterocycles. The fourth-order valence-electron chi connectivity index (χ4n) is 1.53. The third-order valence-corrected chi connectivity index (χ3v) is 3.50. The minimum absolute atomic E-state index is 0.141. The summed E-state index contributed by atoms with van der Waals surface area (Å²) in [4.78, 5) is 0.937. The van der Waals surface area contributed by atoms with Crippen molar-refractivity contribution in [1.82, 2.24) is 0 Å². The van der Waals surface area contributed by atoms with Gasteiger partial charge in [0, 0.05) is 4.88 Å². The van der Waals surface area contributed by atoms with Crippen LogP contribution in [0.1, 0.15) is 16.5 Å². The lowest BCUT2D eigenvalue weighted by Crippen LogP contribution is -2.18. The van der Waals surface area contributed by atoms with Gasteiger partial charge in [-0.3, -0.25) is 0 Å². The molecule has 102 valence electrons. The average Bonchev–Trinajstić information content (AvgIpc) is 2.89. The molecule has 0 aliphatic rings. The largest absolute Gasteiger partial charge is 0.492 e. The van der Waals surface area contributed by atoms with Crippen molar-refractivity contribution in [3.8, 4) is 5.75 Å². The summed E-state index contributed by atoms with van der Waals surface area (Å²) in [6.07, 6.45) is -4.37. The van der Waals surface area contributed by atoms with Gasteiger partial charge in [-0.2, -0.15) is 13.2 Å². The van der Waals surface area contributed by atoms with E-state index >= 15 is 0 Å². The Morgan fingerprint density at radius 2 is 2.00 bits per heavy atom. The Labute approximate surface area is 112 Å². The van der Waals surface area contributed by atoms with E-state index < -0.39 is 11.7 Å². The Morgan fingerprint density at radius 3 is 2.63 bits per heavy atom. The number of benzene rings is 1. The Balaban J connectivity index is 2.00. The summed E-state index contributed by atoms with van der Waals surface area (Å²) in [5.41, 5.74) is 5.15. The van der Waals surface area contributed by atoms with Crippen LogP contribution < -0.4 is 10.5 Å². The number of rotatable bonds is 4. The summed E-state index contributed by atoms with van der Waals surface area (Å²) < 4.78 is 42.8. The van der Waals surface area contributed by atoms with E-state index in [-0.39, 0.29) is 18.4 Å². The van der Waals surface area contributed by atoms with Crippen LogP contribution in [0.5, 0.6) is 5.75 Å². The van der Waals surface area contributed by atoms with Crippen LogP contribution >= 0.6 is 11.3 Å². The van der Waals surface area contributed by atoms with Crippen molar-refractivity contribution < 1.29 is 17.9 Å². The summed E-state index contributed by atoms with van der Waals surface area (Å²) in [6, 6.07) is 8.17. The first kappa shape index (κ1) is 13.9. The maximum absolute atomic E-state index is 12.5. The van der Waals surface area contributed by atoms with Crippen LogP contribution in [-0.4, -0.2) is 6.61 Å². The van der Waals surface area contributed by atoms with Crippen LogP contribution in [0.4, 0.5) is 13.2 Å². The van der Waals surface area contributed by atoms with Crippen LogP contribution in [0.2, 0.25) is 0 Å². The molecule has 1 unspecified atom stereocenters. The topological polar surface area (TPSA) is 35.2 Å². The van der Waals surface area contributed by atoms with Crippen molar-refractivity contribution in [2.24, 2.45) is 5.73 Å². The zero-order chi connectivity index (χ0) is 13.9. The van der Waals surface area contributed by atoms with Crippen LogP contribution in [0.15, 0.2) is 41.8 Å². The molecule has 2 rings (SSSR count). The smallest absolute Gasteiger partial charge is 0.416 e. The average molecular weight is 287 g/mol. The summed E-state index contributed by atoms with van der Waals surface area (Å²) in [5, 5.41) is 1.89. The molecule has 2 N–H and O–H groups in total. The van der Waals surface area contributed by atoms with E-state index in [1.165, 1.54) is 23.5 Å². The van der Waals surface area contributed by atoms with E-state index in [2.05, 4.69) is 0 Å². The molecule has 19 heavy (non-hydrogen) atoms. The van der Waals surface area contributed by atoms with Crippen LogP contribution in [0.3, 0.4) is 0 Å². The molecule has 1 aromatic heterocycles. The zero-order valence-corrected chi connectivity index (χ0v) is 10.7. The third-order valence-electron chi connectivity index (χ3n) is 2.50. The van der Waals surface area contributed by atoms with Gasteiger partial charge < -0.3 is 10.5 Å². The summed E-state index contributed by atoms with van der Waals surface area (Å²) >= 11 is 1.49. The molecule has 0 amide bonds. The van der Waals surface area contributed by atoms with Gasteiger partial charge in [-0.15, -0.1) is 11.3 Å². The normalized spacial score (nSPS) is 13.3. The molecule has 0 aliphatic heterocycles. The fourth-order valence-corrected chi connectivity index (χ4v) is 2.25. The second-order valence-electron chi connectivity index (χ2n) is 3.96. The van der Waals surface area contributed by atoms with Crippen LogP contribution in [0.25, 0.3) is 0 Å². The van der Waals surface area contributed by atoms with E-state index in [4.69, 9.17) is 10.5 Å². The first-order valence-electron chi connectivity index (χ1n) is 5.56. The first-order valence-corrected chi connectivity index (χ1v) is 6.44. The lowest BCUT2D eigenvalue weighted by Gasteiger charge is -2.13.